The van der Waals surface area contributed by atoms with Crippen LogP contribution in [0.4, 0.5) is 5.69 Å². The number of rotatable bonds is 5. The number of fused-ring (bicyclic) bond motifs is 1. The van der Waals surface area contributed by atoms with Crippen LogP contribution in [0.1, 0.15) is 11.1 Å². The van der Waals surface area contributed by atoms with Crippen molar-refractivity contribution in [1.29, 1.82) is 0 Å². The van der Waals surface area contributed by atoms with Gasteiger partial charge in [0.15, 0.2) is 0 Å². The van der Waals surface area contributed by atoms with Gasteiger partial charge in [-0.1, -0.05) is 29.8 Å². The van der Waals surface area contributed by atoms with E-state index in [0.29, 0.717) is 35.4 Å². The van der Waals surface area contributed by atoms with E-state index in [0.717, 1.165) is 15.6 Å². The summed E-state index contributed by atoms with van der Waals surface area (Å²) in [4.78, 5) is 16.5. The van der Waals surface area contributed by atoms with Gasteiger partial charge in [0.05, 0.1) is 22.5 Å². The molecule has 2 aromatic rings. The molecule has 0 atom stereocenters. The lowest BCUT2D eigenvalue weighted by Gasteiger charge is -2.15. The number of hydrogen-bond donors (Lipinski definition) is 1. The van der Waals surface area contributed by atoms with Gasteiger partial charge in [-0.25, -0.2) is 0 Å². The molecular formula is C18H16BrClN2O3. The van der Waals surface area contributed by atoms with Crippen LogP contribution in [-0.2, 0) is 9.53 Å². The summed E-state index contributed by atoms with van der Waals surface area (Å²) in [6, 6.07) is 11.1. The predicted molar refractivity (Wildman–Crippen MR) is 102 cm³/mol. The minimum Gasteiger partial charge on any atom is -0.490 e. The SMILES string of the molecule is COCCOc1cc2c(cc1Br)C(c1ccccc1Cl)=NCC(=O)N2. The molecule has 1 heterocycles. The topological polar surface area (TPSA) is 59.9 Å². The van der Waals surface area contributed by atoms with Gasteiger partial charge in [0, 0.05) is 29.3 Å². The molecule has 0 bridgehead atoms. The fourth-order valence-corrected chi connectivity index (χ4v) is 3.19. The molecule has 1 aliphatic rings. The second-order valence-electron chi connectivity index (χ2n) is 5.36. The van der Waals surface area contributed by atoms with Crippen LogP contribution in [0.25, 0.3) is 0 Å². The Morgan fingerprint density at radius 3 is 2.80 bits per heavy atom. The summed E-state index contributed by atoms with van der Waals surface area (Å²) in [6.07, 6.45) is 0. The molecule has 0 aliphatic carbocycles. The summed E-state index contributed by atoms with van der Waals surface area (Å²) in [5.74, 6) is 0.435. The second-order valence-corrected chi connectivity index (χ2v) is 6.62. The van der Waals surface area contributed by atoms with Gasteiger partial charge >= 0.3 is 0 Å². The van der Waals surface area contributed by atoms with Crippen LogP contribution in [0, 0.1) is 0 Å². The van der Waals surface area contributed by atoms with Crippen LogP contribution in [-0.4, -0.2) is 38.5 Å². The molecule has 0 saturated heterocycles. The molecule has 25 heavy (non-hydrogen) atoms. The van der Waals surface area contributed by atoms with Crippen LogP contribution in [0.5, 0.6) is 5.75 Å². The van der Waals surface area contributed by atoms with Gasteiger partial charge in [0.2, 0.25) is 5.91 Å². The van der Waals surface area contributed by atoms with Crippen molar-refractivity contribution in [1.82, 2.24) is 0 Å². The molecule has 0 unspecified atom stereocenters. The molecule has 3 rings (SSSR count). The molecule has 0 fully saturated rings. The van der Waals surface area contributed by atoms with Crippen molar-refractivity contribution in [3.63, 3.8) is 0 Å². The molecule has 1 aliphatic heterocycles. The zero-order valence-electron chi connectivity index (χ0n) is 13.5. The molecule has 1 N–H and O–H groups in total. The van der Waals surface area contributed by atoms with Gasteiger partial charge in [-0.05, 0) is 28.1 Å². The van der Waals surface area contributed by atoms with E-state index >= 15 is 0 Å². The van der Waals surface area contributed by atoms with Crippen molar-refractivity contribution in [2.45, 2.75) is 0 Å². The van der Waals surface area contributed by atoms with Gasteiger partial charge in [-0.2, -0.15) is 0 Å². The average molecular weight is 424 g/mol. The van der Waals surface area contributed by atoms with E-state index in [4.69, 9.17) is 21.1 Å². The lowest BCUT2D eigenvalue weighted by molar-refractivity contribution is -0.114. The van der Waals surface area contributed by atoms with Crippen LogP contribution < -0.4 is 10.1 Å². The van der Waals surface area contributed by atoms with E-state index in [2.05, 4.69) is 26.2 Å². The number of carbonyl (C=O) groups is 1. The number of methoxy groups -OCH3 is 1. The van der Waals surface area contributed by atoms with E-state index < -0.39 is 0 Å². The minimum absolute atomic E-state index is 0.0344. The van der Waals surface area contributed by atoms with Crippen molar-refractivity contribution in [3.8, 4) is 5.75 Å². The van der Waals surface area contributed by atoms with Crippen LogP contribution in [0.2, 0.25) is 5.02 Å². The Balaban J connectivity index is 2.06. The minimum atomic E-state index is -0.187. The van der Waals surface area contributed by atoms with Gasteiger partial charge in [0.25, 0.3) is 0 Å². The van der Waals surface area contributed by atoms with Crippen molar-refractivity contribution < 1.29 is 14.3 Å². The third-order valence-corrected chi connectivity index (χ3v) is 4.61. The Bertz CT molecular complexity index is 839. The summed E-state index contributed by atoms with van der Waals surface area (Å²) in [5.41, 5.74) is 2.87. The van der Waals surface area contributed by atoms with Crippen molar-refractivity contribution in [2.24, 2.45) is 4.99 Å². The smallest absolute Gasteiger partial charge is 0.246 e. The second kappa shape index (κ2) is 7.99. The van der Waals surface area contributed by atoms with Crippen molar-refractivity contribution in [3.05, 3.63) is 57.0 Å². The first-order chi connectivity index (χ1) is 12.1. The van der Waals surface area contributed by atoms with Crippen LogP contribution in [0.3, 0.4) is 0 Å². The molecule has 130 valence electrons. The maximum Gasteiger partial charge on any atom is 0.246 e. The number of nitrogens with zero attached hydrogens (tertiary/aromatic N) is 1. The fraction of sp³-hybridized carbons (Fsp3) is 0.222. The highest BCUT2D eigenvalue weighted by molar-refractivity contribution is 9.10. The number of benzene rings is 2. The Morgan fingerprint density at radius 2 is 2.04 bits per heavy atom. The van der Waals surface area contributed by atoms with Crippen molar-refractivity contribution in [2.75, 3.05) is 32.2 Å². The van der Waals surface area contributed by atoms with E-state index in [1.807, 2.05) is 24.3 Å². The third-order valence-electron chi connectivity index (χ3n) is 3.66. The number of carbonyl (C=O) groups excluding carboxylic acids is 1. The summed E-state index contributed by atoms with van der Waals surface area (Å²) < 4.78 is 11.5. The quantitative estimate of drug-likeness (QED) is 0.742. The molecule has 2 aromatic carbocycles. The number of hydrogen-bond acceptors (Lipinski definition) is 4. The zero-order chi connectivity index (χ0) is 17.8. The maximum absolute atomic E-state index is 12.0. The largest absolute Gasteiger partial charge is 0.490 e. The standard InChI is InChI=1S/C18H16BrClN2O3/c1-24-6-7-25-16-9-15-12(8-13(16)19)18(21-10-17(23)22-15)11-4-2-3-5-14(11)20/h2-5,8-9H,6-7,10H2,1H3,(H,22,23). The number of ether oxygens (including phenoxy) is 2. The van der Waals surface area contributed by atoms with Crippen LogP contribution in [0.15, 0.2) is 45.9 Å². The summed E-state index contributed by atoms with van der Waals surface area (Å²) in [5, 5.41) is 3.45. The Hall–Kier alpha value is -1.89. The Kier molecular flexibility index (Phi) is 5.73. The summed E-state index contributed by atoms with van der Waals surface area (Å²) >= 11 is 9.85. The molecule has 0 aromatic heterocycles. The van der Waals surface area contributed by atoms with Gasteiger partial charge in [0.1, 0.15) is 18.9 Å². The normalized spacial score (nSPS) is 13.6. The molecule has 0 spiro atoms. The lowest BCUT2D eigenvalue weighted by Crippen LogP contribution is -2.14. The number of benzodiazepines with no additional fused rings is 1. The molecule has 5 nitrogen and oxygen atoms in total. The fourth-order valence-electron chi connectivity index (χ4n) is 2.51. The predicted octanol–water partition coefficient (Wildman–Crippen LogP) is 3.92. The van der Waals surface area contributed by atoms with E-state index in [1.165, 1.54) is 0 Å². The molecule has 1 amide bonds. The number of amides is 1. The lowest BCUT2D eigenvalue weighted by atomic mass is 10.0. The molecular weight excluding hydrogens is 408 g/mol. The number of aliphatic imine (C=N–C) groups is 1. The Morgan fingerprint density at radius 1 is 1.24 bits per heavy atom. The number of halogens is 2. The van der Waals surface area contributed by atoms with Gasteiger partial charge in [-0.15, -0.1) is 0 Å². The average Bonchev–Trinajstić information content (AvgIpc) is 2.74. The highest BCUT2D eigenvalue weighted by Crippen LogP contribution is 2.35. The third kappa shape index (κ3) is 4.03. The first-order valence-corrected chi connectivity index (χ1v) is 8.82. The van der Waals surface area contributed by atoms with Crippen LogP contribution >= 0.6 is 27.5 Å². The zero-order valence-corrected chi connectivity index (χ0v) is 15.9. The summed E-state index contributed by atoms with van der Waals surface area (Å²) in [6.45, 7) is 0.919. The maximum atomic E-state index is 12.0. The Labute approximate surface area is 159 Å². The van der Waals surface area contributed by atoms with E-state index in [9.17, 15) is 4.79 Å². The molecule has 0 radical (unpaired) electrons. The van der Waals surface area contributed by atoms with Crippen molar-refractivity contribution >= 4 is 44.8 Å². The number of nitrogens with one attached hydrogen (secondary N) is 1. The van der Waals surface area contributed by atoms with E-state index in [-0.39, 0.29) is 12.5 Å². The van der Waals surface area contributed by atoms with Gasteiger partial charge in [-0.3, -0.25) is 9.79 Å². The van der Waals surface area contributed by atoms with Gasteiger partial charge < -0.3 is 14.8 Å². The molecule has 0 saturated carbocycles. The first kappa shape index (κ1) is 17.9. The monoisotopic (exact) mass is 422 g/mol. The first-order valence-electron chi connectivity index (χ1n) is 7.65. The summed E-state index contributed by atoms with van der Waals surface area (Å²) in [7, 11) is 1.61. The number of anilines is 1. The molecule has 7 heteroatoms. The highest BCUT2D eigenvalue weighted by atomic mass is 79.9. The van der Waals surface area contributed by atoms with E-state index in [1.54, 1.807) is 19.2 Å². The highest BCUT2D eigenvalue weighted by Gasteiger charge is 2.21.